The van der Waals surface area contributed by atoms with Crippen molar-refractivity contribution in [1.29, 1.82) is 0 Å². The highest BCUT2D eigenvalue weighted by atomic mass is 35.5. The number of urea groups is 1. The van der Waals surface area contributed by atoms with Gasteiger partial charge < -0.3 is 29.3 Å². The number of methoxy groups -OCH3 is 1. The van der Waals surface area contributed by atoms with E-state index in [4.69, 9.17) is 25.8 Å². The maximum atomic E-state index is 14.5. The first kappa shape index (κ1) is 24.3. The Hall–Kier alpha value is -3.37. The van der Waals surface area contributed by atoms with Crippen LogP contribution >= 0.6 is 11.6 Å². The van der Waals surface area contributed by atoms with Gasteiger partial charge in [0.05, 0.1) is 43.2 Å². The number of ether oxygens (including phenoxy) is 3. The molecule has 0 spiro atoms. The molecule has 0 unspecified atom stereocenters. The number of hydrogen-bond donors (Lipinski definition) is 1. The molecule has 2 fully saturated rings. The summed E-state index contributed by atoms with van der Waals surface area (Å²) in [6, 6.07) is 8.32. The third kappa shape index (κ3) is 5.10. The highest BCUT2D eigenvalue weighted by Crippen LogP contribution is 2.36. The van der Waals surface area contributed by atoms with Crippen molar-refractivity contribution >= 4 is 40.0 Å². The second kappa shape index (κ2) is 10.7. The van der Waals surface area contributed by atoms with Gasteiger partial charge in [-0.3, -0.25) is 0 Å². The highest BCUT2D eigenvalue weighted by molar-refractivity contribution is 6.31. The quantitative estimate of drug-likeness (QED) is 0.522. The first-order valence-corrected chi connectivity index (χ1v) is 12.2. The van der Waals surface area contributed by atoms with Gasteiger partial charge in [-0.2, -0.15) is 0 Å². The zero-order valence-electron chi connectivity index (χ0n) is 19.9. The molecule has 1 N–H and O–H groups in total. The smallest absolute Gasteiger partial charge is 0.320 e. The van der Waals surface area contributed by atoms with Crippen molar-refractivity contribution in [2.45, 2.75) is 6.42 Å². The molecule has 5 rings (SSSR count). The number of hydrogen-bond acceptors (Lipinski definition) is 7. The second-order valence-electron chi connectivity index (χ2n) is 8.76. The van der Waals surface area contributed by atoms with Crippen molar-refractivity contribution < 1.29 is 23.4 Å². The first-order chi connectivity index (χ1) is 17.5. The lowest BCUT2D eigenvalue weighted by Crippen LogP contribution is -2.47. The lowest BCUT2D eigenvalue weighted by atomic mass is 10.1. The molecule has 2 saturated heterocycles. The molecule has 0 bridgehead atoms. The highest BCUT2D eigenvalue weighted by Gasteiger charge is 2.30. The number of anilines is 2. The monoisotopic (exact) mass is 515 g/mol. The van der Waals surface area contributed by atoms with Gasteiger partial charge in [0.15, 0.2) is 17.3 Å². The molecule has 3 aromatic rings. The Morgan fingerprint density at radius 2 is 2.03 bits per heavy atom. The van der Waals surface area contributed by atoms with Crippen LogP contribution in [0.3, 0.4) is 0 Å². The standard InChI is InChI=1S/C25H27ClFN5O4/c1-34-21-12-20-17(24(29-15-28-20)30-19-4-2-3-18(26)23(19)27)11-22(21)36-14-16-5-6-32(13-16)25(33)31-7-9-35-10-8-31/h2-4,11-12,15-16H,5-10,13-14H2,1H3,(H,28,29,30)/t16-/m1/s1. The van der Waals surface area contributed by atoms with Crippen molar-refractivity contribution in [3.05, 3.63) is 47.5 Å². The summed E-state index contributed by atoms with van der Waals surface area (Å²) in [5.41, 5.74) is 0.819. The fraction of sp³-hybridized carbons (Fsp3) is 0.400. The molecular weight excluding hydrogens is 489 g/mol. The van der Waals surface area contributed by atoms with Crippen LogP contribution in [0.15, 0.2) is 36.7 Å². The number of aromatic nitrogens is 2. The van der Waals surface area contributed by atoms with Crippen molar-refractivity contribution in [1.82, 2.24) is 19.8 Å². The predicted octanol–water partition coefficient (Wildman–Crippen LogP) is 4.33. The van der Waals surface area contributed by atoms with Crippen LogP contribution in [0.4, 0.5) is 20.7 Å². The molecule has 2 aliphatic heterocycles. The lowest BCUT2D eigenvalue weighted by molar-refractivity contribution is 0.0447. The van der Waals surface area contributed by atoms with Crippen LogP contribution in [0.25, 0.3) is 10.9 Å². The Balaban J connectivity index is 1.31. The Kier molecular flexibility index (Phi) is 7.24. The van der Waals surface area contributed by atoms with E-state index < -0.39 is 5.82 Å². The van der Waals surface area contributed by atoms with Gasteiger partial charge in [0, 0.05) is 43.5 Å². The van der Waals surface area contributed by atoms with Crippen LogP contribution in [0.2, 0.25) is 5.02 Å². The summed E-state index contributed by atoms with van der Waals surface area (Å²) < 4.78 is 31.5. The van der Waals surface area contributed by atoms with Gasteiger partial charge in [-0.15, -0.1) is 0 Å². The molecule has 3 heterocycles. The van der Waals surface area contributed by atoms with E-state index >= 15 is 0 Å². The second-order valence-corrected chi connectivity index (χ2v) is 9.17. The van der Waals surface area contributed by atoms with Gasteiger partial charge in [0.1, 0.15) is 12.1 Å². The summed E-state index contributed by atoms with van der Waals surface area (Å²) in [5, 5.41) is 3.66. The zero-order valence-corrected chi connectivity index (χ0v) is 20.6. The maximum Gasteiger partial charge on any atom is 0.320 e. The third-order valence-electron chi connectivity index (χ3n) is 6.44. The Morgan fingerprint density at radius 3 is 2.83 bits per heavy atom. The number of fused-ring (bicyclic) bond motifs is 1. The molecule has 0 aliphatic carbocycles. The molecule has 11 heteroatoms. The molecule has 2 amide bonds. The van der Waals surface area contributed by atoms with Crippen molar-refractivity contribution in [3.63, 3.8) is 0 Å². The summed E-state index contributed by atoms with van der Waals surface area (Å²) in [6.45, 7) is 4.18. The topological polar surface area (TPSA) is 89.1 Å². The number of nitrogens with zero attached hydrogens (tertiary/aromatic N) is 4. The van der Waals surface area contributed by atoms with E-state index in [-0.39, 0.29) is 22.7 Å². The minimum absolute atomic E-state index is 0.0155. The number of halogens is 2. The van der Waals surface area contributed by atoms with E-state index in [0.29, 0.717) is 74.2 Å². The van der Waals surface area contributed by atoms with Crippen LogP contribution in [-0.4, -0.2) is 78.9 Å². The van der Waals surface area contributed by atoms with E-state index in [9.17, 15) is 9.18 Å². The normalized spacial score (nSPS) is 17.9. The average Bonchev–Trinajstić information content (AvgIpc) is 3.39. The summed E-state index contributed by atoms with van der Waals surface area (Å²) >= 11 is 5.92. The predicted molar refractivity (Wildman–Crippen MR) is 134 cm³/mol. The summed E-state index contributed by atoms with van der Waals surface area (Å²) in [7, 11) is 1.56. The Morgan fingerprint density at radius 1 is 1.19 bits per heavy atom. The number of carbonyl (C=O) groups excluding carboxylic acids is 1. The fourth-order valence-electron chi connectivity index (χ4n) is 4.47. The summed E-state index contributed by atoms with van der Waals surface area (Å²) in [6.07, 6.45) is 2.25. The van der Waals surface area contributed by atoms with Gasteiger partial charge in [0.25, 0.3) is 0 Å². The van der Waals surface area contributed by atoms with E-state index in [1.54, 1.807) is 31.4 Å². The van der Waals surface area contributed by atoms with Gasteiger partial charge in [-0.25, -0.2) is 19.2 Å². The first-order valence-electron chi connectivity index (χ1n) is 11.8. The number of amides is 2. The van der Waals surface area contributed by atoms with Crippen molar-refractivity contribution in [2.24, 2.45) is 5.92 Å². The molecule has 1 aromatic heterocycles. The van der Waals surface area contributed by atoms with Crippen LogP contribution in [0.1, 0.15) is 6.42 Å². The largest absolute Gasteiger partial charge is 0.493 e. The van der Waals surface area contributed by atoms with Crippen LogP contribution in [0.5, 0.6) is 11.5 Å². The zero-order chi connectivity index (χ0) is 25.1. The molecule has 2 aromatic carbocycles. The SMILES string of the molecule is COc1cc2ncnc(Nc3cccc(Cl)c3F)c2cc1OC[C@@H]1CCN(C(=O)N2CCOCC2)C1. The van der Waals surface area contributed by atoms with Gasteiger partial charge in [-0.05, 0) is 24.6 Å². The summed E-state index contributed by atoms with van der Waals surface area (Å²) in [4.78, 5) is 25.1. The van der Waals surface area contributed by atoms with Gasteiger partial charge in [-0.1, -0.05) is 17.7 Å². The molecule has 0 saturated carbocycles. The average molecular weight is 516 g/mol. The van der Waals surface area contributed by atoms with Crippen LogP contribution in [-0.2, 0) is 4.74 Å². The molecule has 190 valence electrons. The lowest BCUT2D eigenvalue weighted by Gasteiger charge is -2.31. The van der Waals surface area contributed by atoms with E-state index in [1.807, 2.05) is 9.80 Å². The maximum absolute atomic E-state index is 14.5. The van der Waals surface area contributed by atoms with Gasteiger partial charge in [0.2, 0.25) is 0 Å². The third-order valence-corrected chi connectivity index (χ3v) is 6.73. The summed E-state index contributed by atoms with van der Waals surface area (Å²) in [5.74, 6) is 1.10. The van der Waals surface area contributed by atoms with Crippen molar-refractivity contribution in [2.75, 3.05) is 58.4 Å². The number of nitrogens with one attached hydrogen (secondary N) is 1. The number of carbonyl (C=O) groups is 1. The number of benzene rings is 2. The minimum Gasteiger partial charge on any atom is -0.493 e. The van der Waals surface area contributed by atoms with E-state index in [0.717, 1.165) is 6.42 Å². The van der Waals surface area contributed by atoms with Crippen LogP contribution < -0.4 is 14.8 Å². The number of morpholine rings is 1. The Labute approximate surface area is 213 Å². The van der Waals surface area contributed by atoms with Crippen LogP contribution in [0, 0.1) is 11.7 Å². The fourth-order valence-corrected chi connectivity index (χ4v) is 4.64. The van der Waals surface area contributed by atoms with Gasteiger partial charge >= 0.3 is 6.03 Å². The van der Waals surface area contributed by atoms with E-state index in [2.05, 4.69) is 15.3 Å². The minimum atomic E-state index is -0.562. The molecule has 0 radical (unpaired) electrons. The number of likely N-dealkylation sites (tertiary alicyclic amines) is 1. The molecule has 9 nitrogen and oxygen atoms in total. The molecule has 2 aliphatic rings. The molecule has 36 heavy (non-hydrogen) atoms. The molecule has 1 atom stereocenters. The van der Waals surface area contributed by atoms with E-state index in [1.165, 1.54) is 12.4 Å². The van der Waals surface area contributed by atoms with Crippen molar-refractivity contribution in [3.8, 4) is 11.5 Å². The number of rotatable bonds is 6. The Bertz CT molecular complexity index is 1260. The molecular formula is C25H27ClFN5O4.